The third-order valence-electron chi connectivity index (χ3n) is 4.23. The molecule has 1 rings (SSSR count). The minimum absolute atomic E-state index is 0.0182. The molecule has 0 radical (unpaired) electrons. The quantitative estimate of drug-likeness (QED) is 0.828. The monoisotopic (exact) mass is 265 g/mol. The van der Waals surface area contributed by atoms with Crippen molar-refractivity contribution in [2.24, 2.45) is 0 Å². The number of nitrogens with zero attached hydrogens (tertiary/aromatic N) is 1. The summed E-state index contributed by atoms with van der Waals surface area (Å²) in [6.07, 6.45) is 0.607. The highest BCUT2D eigenvalue weighted by atomic mass is 16.3. The minimum atomic E-state index is 0.0182. The van der Waals surface area contributed by atoms with Crippen LogP contribution in [0.4, 0.5) is 0 Å². The zero-order chi connectivity index (χ0) is 14.6. The van der Waals surface area contributed by atoms with Gasteiger partial charge in [-0.25, -0.2) is 0 Å². The van der Waals surface area contributed by atoms with Crippen LogP contribution < -0.4 is 0 Å². The molecular formula is C16H27NO2. The summed E-state index contributed by atoms with van der Waals surface area (Å²) in [5, 5.41) is 18.4. The van der Waals surface area contributed by atoms with Crippen LogP contribution in [0.5, 0.6) is 0 Å². The number of hydrogen-bond donors (Lipinski definition) is 2. The van der Waals surface area contributed by atoms with Crippen LogP contribution in [0.15, 0.2) is 6.07 Å². The Morgan fingerprint density at radius 1 is 1.05 bits per heavy atom. The molecule has 0 heterocycles. The van der Waals surface area contributed by atoms with E-state index in [1.165, 1.54) is 27.8 Å². The van der Waals surface area contributed by atoms with Crippen molar-refractivity contribution in [3.8, 4) is 0 Å². The van der Waals surface area contributed by atoms with Gasteiger partial charge in [0.2, 0.25) is 0 Å². The summed E-state index contributed by atoms with van der Waals surface area (Å²) in [5.74, 6) is 0. The van der Waals surface area contributed by atoms with Crippen molar-refractivity contribution in [1.29, 1.82) is 0 Å². The van der Waals surface area contributed by atoms with Crippen LogP contribution in [0.2, 0.25) is 0 Å². The van der Waals surface area contributed by atoms with Crippen LogP contribution in [0, 0.1) is 27.7 Å². The zero-order valence-electron chi connectivity index (χ0n) is 12.8. The third kappa shape index (κ3) is 3.78. The van der Waals surface area contributed by atoms with Gasteiger partial charge in [-0.15, -0.1) is 0 Å². The molecular weight excluding hydrogens is 238 g/mol. The van der Waals surface area contributed by atoms with Crippen LogP contribution in [0.1, 0.15) is 34.2 Å². The van der Waals surface area contributed by atoms with Gasteiger partial charge in [-0.3, -0.25) is 4.90 Å². The number of aryl methyl sites for hydroxylation is 2. The van der Waals surface area contributed by atoms with Gasteiger partial charge < -0.3 is 10.2 Å². The number of hydrogen-bond acceptors (Lipinski definition) is 3. The summed E-state index contributed by atoms with van der Waals surface area (Å²) < 4.78 is 0. The van der Waals surface area contributed by atoms with Gasteiger partial charge in [0.05, 0.1) is 6.61 Å². The van der Waals surface area contributed by atoms with E-state index in [4.69, 9.17) is 5.11 Å². The molecule has 108 valence electrons. The molecule has 3 heteroatoms. The maximum atomic E-state index is 9.40. The molecule has 1 aromatic rings. The van der Waals surface area contributed by atoms with Gasteiger partial charge in [0.15, 0.2) is 0 Å². The Morgan fingerprint density at radius 3 is 2.00 bits per heavy atom. The summed E-state index contributed by atoms with van der Waals surface area (Å²) in [7, 11) is 2.01. The lowest BCUT2D eigenvalue weighted by atomic mass is 9.93. The van der Waals surface area contributed by atoms with Crippen LogP contribution in [-0.2, 0) is 6.54 Å². The Labute approximate surface area is 116 Å². The molecule has 0 aromatic heterocycles. The normalized spacial score (nSPS) is 13.1. The molecule has 0 amide bonds. The minimum Gasteiger partial charge on any atom is -0.396 e. The molecule has 3 nitrogen and oxygen atoms in total. The molecule has 1 aromatic carbocycles. The molecule has 0 aliphatic heterocycles. The van der Waals surface area contributed by atoms with Crippen LogP contribution in [0.3, 0.4) is 0 Å². The van der Waals surface area contributed by atoms with Gasteiger partial charge in [0, 0.05) is 19.2 Å². The summed E-state index contributed by atoms with van der Waals surface area (Å²) in [5.41, 5.74) is 6.63. The van der Waals surface area contributed by atoms with Crippen molar-refractivity contribution in [3.05, 3.63) is 33.9 Å². The fourth-order valence-corrected chi connectivity index (χ4v) is 2.51. The van der Waals surface area contributed by atoms with E-state index in [1.54, 1.807) is 0 Å². The Kier molecular flexibility index (Phi) is 5.98. The molecule has 0 bridgehead atoms. The van der Waals surface area contributed by atoms with Gasteiger partial charge in [0.25, 0.3) is 0 Å². The second kappa shape index (κ2) is 7.04. The third-order valence-corrected chi connectivity index (χ3v) is 4.23. The highest BCUT2D eigenvalue weighted by Crippen LogP contribution is 2.23. The van der Waals surface area contributed by atoms with E-state index in [0.29, 0.717) is 6.42 Å². The molecule has 0 fully saturated rings. The van der Waals surface area contributed by atoms with Crippen LogP contribution in [-0.4, -0.2) is 41.4 Å². The number of rotatable bonds is 6. The van der Waals surface area contributed by atoms with Crippen molar-refractivity contribution in [3.63, 3.8) is 0 Å². The Morgan fingerprint density at radius 2 is 1.58 bits per heavy atom. The van der Waals surface area contributed by atoms with Crippen molar-refractivity contribution in [2.75, 3.05) is 20.3 Å². The maximum Gasteiger partial charge on any atom is 0.0587 e. The molecule has 0 aliphatic rings. The summed E-state index contributed by atoms with van der Waals surface area (Å²) in [6.45, 7) is 9.60. The second-order valence-corrected chi connectivity index (χ2v) is 5.50. The fraction of sp³-hybridized carbons (Fsp3) is 0.625. The molecule has 0 saturated heterocycles. The number of aliphatic hydroxyl groups excluding tert-OH is 2. The van der Waals surface area contributed by atoms with E-state index in [-0.39, 0.29) is 19.3 Å². The van der Waals surface area contributed by atoms with E-state index in [9.17, 15) is 5.11 Å². The fourth-order valence-electron chi connectivity index (χ4n) is 2.51. The van der Waals surface area contributed by atoms with E-state index in [2.05, 4.69) is 38.7 Å². The molecule has 1 atom stereocenters. The van der Waals surface area contributed by atoms with Gasteiger partial charge in [-0.05, 0) is 69.0 Å². The molecule has 1 unspecified atom stereocenters. The highest BCUT2D eigenvalue weighted by molar-refractivity contribution is 5.43. The largest absolute Gasteiger partial charge is 0.396 e. The Hall–Kier alpha value is -0.900. The lowest BCUT2D eigenvalue weighted by Gasteiger charge is -2.28. The average Bonchev–Trinajstić information content (AvgIpc) is 2.38. The smallest absolute Gasteiger partial charge is 0.0587 e. The molecule has 0 spiro atoms. The van der Waals surface area contributed by atoms with Crippen molar-refractivity contribution >= 4 is 0 Å². The van der Waals surface area contributed by atoms with Crippen molar-refractivity contribution in [1.82, 2.24) is 4.90 Å². The highest BCUT2D eigenvalue weighted by Gasteiger charge is 2.16. The topological polar surface area (TPSA) is 43.7 Å². The van der Waals surface area contributed by atoms with E-state index < -0.39 is 0 Å². The molecule has 19 heavy (non-hydrogen) atoms. The molecule has 0 aliphatic carbocycles. The maximum absolute atomic E-state index is 9.40. The van der Waals surface area contributed by atoms with Crippen molar-refractivity contribution < 1.29 is 10.2 Å². The first-order valence-electron chi connectivity index (χ1n) is 6.90. The number of benzene rings is 1. The predicted octanol–water partition coefficient (Wildman–Crippen LogP) is 2.10. The lowest BCUT2D eigenvalue weighted by Crippen LogP contribution is -2.35. The van der Waals surface area contributed by atoms with Gasteiger partial charge in [0.1, 0.15) is 0 Å². The lowest BCUT2D eigenvalue weighted by molar-refractivity contribution is 0.114. The van der Waals surface area contributed by atoms with E-state index in [0.717, 1.165) is 6.54 Å². The van der Waals surface area contributed by atoms with Gasteiger partial charge in [-0.2, -0.15) is 0 Å². The first-order chi connectivity index (χ1) is 8.92. The first-order valence-corrected chi connectivity index (χ1v) is 6.90. The molecule has 2 N–H and O–H groups in total. The predicted molar refractivity (Wildman–Crippen MR) is 79.4 cm³/mol. The molecule has 0 saturated carbocycles. The Balaban J connectivity index is 2.98. The first kappa shape index (κ1) is 16.2. The Bertz CT molecular complexity index is 403. The van der Waals surface area contributed by atoms with Crippen LogP contribution >= 0.6 is 0 Å². The number of aliphatic hydroxyl groups is 2. The van der Waals surface area contributed by atoms with E-state index in [1.807, 2.05) is 7.05 Å². The summed E-state index contributed by atoms with van der Waals surface area (Å²) in [6, 6.07) is 2.25. The van der Waals surface area contributed by atoms with Gasteiger partial charge >= 0.3 is 0 Å². The van der Waals surface area contributed by atoms with E-state index >= 15 is 0 Å². The van der Waals surface area contributed by atoms with Gasteiger partial charge in [-0.1, -0.05) is 6.07 Å². The summed E-state index contributed by atoms with van der Waals surface area (Å²) in [4.78, 5) is 2.13. The number of likely N-dealkylation sites (N-methyl/N-ethyl adjacent to an activating group) is 1. The summed E-state index contributed by atoms with van der Waals surface area (Å²) >= 11 is 0. The second-order valence-electron chi connectivity index (χ2n) is 5.50. The average molecular weight is 265 g/mol. The standard InChI is InChI=1S/C16H27NO2/c1-11-8-12(2)14(4)16(13(11)3)9-17(5)15(10-19)6-7-18/h8,15,18-19H,6-7,9-10H2,1-5H3. The van der Waals surface area contributed by atoms with Crippen molar-refractivity contribution in [2.45, 2.75) is 46.7 Å². The van der Waals surface area contributed by atoms with Crippen LogP contribution in [0.25, 0.3) is 0 Å². The SMILES string of the molecule is Cc1cc(C)c(C)c(CN(C)C(CO)CCO)c1C. The zero-order valence-corrected chi connectivity index (χ0v) is 12.8.